The van der Waals surface area contributed by atoms with E-state index in [0.717, 1.165) is 18.9 Å². The molecule has 0 aliphatic carbocycles. The molecule has 0 spiro atoms. The van der Waals surface area contributed by atoms with Crippen molar-refractivity contribution in [1.82, 2.24) is 5.32 Å². The van der Waals surface area contributed by atoms with Gasteiger partial charge in [-0.05, 0) is 25.8 Å². The normalized spacial score (nSPS) is 9.71. The molecule has 0 aromatic carbocycles. The highest BCUT2D eigenvalue weighted by Crippen LogP contribution is 2.02. The van der Waals surface area contributed by atoms with Gasteiger partial charge in [0.1, 0.15) is 0 Å². The van der Waals surface area contributed by atoms with E-state index in [1.165, 1.54) is 13.5 Å². The van der Waals surface area contributed by atoms with E-state index in [2.05, 4.69) is 24.9 Å². The number of nitrogens with two attached hydrogens (primary N) is 1. The predicted octanol–water partition coefficient (Wildman–Crippen LogP) is 0.777. The quantitative estimate of drug-likeness (QED) is 0.418. The first kappa shape index (κ1) is 18.7. The Labute approximate surface area is 105 Å². The molecule has 0 bridgehead atoms. The molecule has 0 radical (unpaired) electrons. The van der Waals surface area contributed by atoms with Crippen LogP contribution in [-0.4, -0.2) is 46.4 Å². The van der Waals surface area contributed by atoms with Gasteiger partial charge in [0.2, 0.25) is 6.41 Å². The Morgan fingerprint density at radius 2 is 1.71 bits per heavy atom. The maximum absolute atomic E-state index is 9.88. The molecular formula is C12H28N2O3. The van der Waals surface area contributed by atoms with Crippen LogP contribution < -0.4 is 11.1 Å². The maximum atomic E-state index is 9.88. The first-order valence-corrected chi connectivity index (χ1v) is 6.17. The zero-order chi connectivity index (χ0) is 13.4. The second-order valence-electron chi connectivity index (χ2n) is 3.83. The van der Waals surface area contributed by atoms with Gasteiger partial charge in [-0.1, -0.05) is 13.8 Å². The van der Waals surface area contributed by atoms with Gasteiger partial charge in [-0.2, -0.15) is 0 Å². The molecule has 17 heavy (non-hydrogen) atoms. The molecule has 0 unspecified atom stereocenters. The van der Waals surface area contributed by atoms with Gasteiger partial charge in [0.05, 0.1) is 19.8 Å². The third kappa shape index (κ3) is 21.2. The summed E-state index contributed by atoms with van der Waals surface area (Å²) >= 11 is 0. The van der Waals surface area contributed by atoms with Gasteiger partial charge < -0.3 is 20.5 Å². The first-order chi connectivity index (χ1) is 8.27. The summed E-state index contributed by atoms with van der Waals surface area (Å²) in [5.74, 6) is 0.749. The van der Waals surface area contributed by atoms with Crippen LogP contribution in [0.3, 0.4) is 0 Å². The number of rotatable bonds is 11. The van der Waals surface area contributed by atoms with E-state index >= 15 is 0 Å². The highest BCUT2D eigenvalue weighted by atomic mass is 16.5. The van der Waals surface area contributed by atoms with Crippen LogP contribution in [0.15, 0.2) is 0 Å². The minimum atomic E-state index is 0.550. The Morgan fingerprint density at radius 3 is 2.24 bits per heavy atom. The monoisotopic (exact) mass is 248 g/mol. The molecule has 0 heterocycles. The molecule has 0 aromatic heterocycles. The highest BCUT2D eigenvalue weighted by molar-refractivity contribution is 5.45. The lowest BCUT2D eigenvalue weighted by Crippen LogP contribution is -2.18. The topological polar surface area (TPSA) is 73.6 Å². The van der Waals surface area contributed by atoms with E-state index in [-0.39, 0.29) is 0 Å². The van der Waals surface area contributed by atoms with E-state index < -0.39 is 0 Å². The fourth-order valence-electron chi connectivity index (χ4n) is 1.11. The van der Waals surface area contributed by atoms with Crippen molar-refractivity contribution < 1.29 is 14.3 Å². The number of ether oxygens (including phenoxy) is 2. The average molecular weight is 248 g/mol. The molecular weight excluding hydrogens is 220 g/mol. The van der Waals surface area contributed by atoms with E-state index in [4.69, 9.17) is 9.47 Å². The van der Waals surface area contributed by atoms with Crippen molar-refractivity contribution in [3.05, 3.63) is 0 Å². The summed E-state index contributed by atoms with van der Waals surface area (Å²) in [4.78, 5) is 9.88. The van der Waals surface area contributed by atoms with Crippen molar-refractivity contribution >= 4 is 6.41 Å². The SMILES string of the molecule is CC(C)CCCOCCOCCNC=O.CN. The standard InChI is InChI=1S/C11H23NO3.CH5N/c1-11(2)4-3-6-14-8-9-15-7-5-12-10-13;1-2/h10-11H,3-9H2,1-2H3,(H,12,13);2H2,1H3. The number of amides is 1. The van der Waals surface area contributed by atoms with Gasteiger partial charge in [0.25, 0.3) is 0 Å². The Balaban J connectivity index is 0. The van der Waals surface area contributed by atoms with Gasteiger partial charge in [0.15, 0.2) is 0 Å². The third-order valence-corrected chi connectivity index (χ3v) is 1.92. The Hall–Kier alpha value is -0.650. The lowest BCUT2D eigenvalue weighted by atomic mass is 10.1. The molecule has 104 valence electrons. The lowest BCUT2D eigenvalue weighted by Gasteiger charge is -2.06. The fraction of sp³-hybridized carbons (Fsp3) is 0.917. The zero-order valence-corrected chi connectivity index (χ0v) is 11.4. The molecule has 0 fully saturated rings. The van der Waals surface area contributed by atoms with Crippen molar-refractivity contribution in [3.63, 3.8) is 0 Å². The second kappa shape index (κ2) is 17.7. The highest BCUT2D eigenvalue weighted by Gasteiger charge is 1.94. The van der Waals surface area contributed by atoms with Gasteiger partial charge in [-0.25, -0.2) is 0 Å². The van der Waals surface area contributed by atoms with E-state index in [1.54, 1.807) is 0 Å². The van der Waals surface area contributed by atoms with E-state index in [0.29, 0.717) is 32.8 Å². The summed E-state index contributed by atoms with van der Waals surface area (Å²) in [5, 5.41) is 2.53. The van der Waals surface area contributed by atoms with Crippen LogP contribution in [-0.2, 0) is 14.3 Å². The van der Waals surface area contributed by atoms with Crippen molar-refractivity contribution in [2.24, 2.45) is 11.7 Å². The summed E-state index contributed by atoms with van der Waals surface area (Å²) < 4.78 is 10.6. The largest absolute Gasteiger partial charge is 0.379 e. The average Bonchev–Trinajstić information content (AvgIpc) is 2.34. The Morgan fingerprint density at radius 1 is 1.12 bits per heavy atom. The van der Waals surface area contributed by atoms with Crippen LogP contribution in [0, 0.1) is 5.92 Å². The number of hydrogen-bond donors (Lipinski definition) is 2. The van der Waals surface area contributed by atoms with E-state index in [9.17, 15) is 4.79 Å². The number of hydrogen-bond acceptors (Lipinski definition) is 4. The number of carbonyl (C=O) groups is 1. The maximum Gasteiger partial charge on any atom is 0.207 e. The molecule has 0 aromatic rings. The van der Waals surface area contributed by atoms with E-state index in [1.807, 2.05) is 0 Å². The van der Waals surface area contributed by atoms with Crippen LogP contribution >= 0.6 is 0 Å². The van der Waals surface area contributed by atoms with Crippen molar-refractivity contribution in [1.29, 1.82) is 0 Å². The van der Waals surface area contributed by atoms with Crippen LogP contribution in [0.2, 0.25) is 0 Å². The third-order valence-electron chi connectivity index (χ3n) is 1.92. The van der Waals surface area contributed by atoms with Crippen LogP contribution in [0.25, 0.3) is 0 Å². The summed E-state index contributed by atoms with van der Waals surface area (Å²) in [6.45, 7) is 7.59. The molecule has 5 nitrogen and oxygen atoms in total. The minimum absolute atomic E-state index is 0.550. The summed E-state index contributed by atoms with van der Waals surface area (Å²) in [6, 6.07) is 0. The molecule has 0 saturated heterocycles. The molecule has 0 rings (SSSR count). The Kier molecular flexibility index (Phi) is 19.5. The van der Waals surface area contributed by atoms with Gasteiger partial charge in [0, 0.05) is 13.2 Å². The lowest BCUT2D eigenvalue weighted by molar-refractivity contribution is -0.109. The summed E-state index contributed by atoms with van der Waals surface area (Å²) in [6.07, 6.45) is 3.00. The Bertz CT molecular complexity index is 144. The van der Waals surface area contributed by atoms with Crippen molar-refractivity contribution in [2.75, 3.05) is 40.0 Å². The smallest absolute Gasteiger partial charge is 0.207 e. The number of nitrogens with one attached hydrogen (secondary N) is 1. The van der Waals surface area contributed by atoms with Gasteiger partial charge in [-0.3, -0.25) is 4.79 Å². The number of carbonyl (C=O) groups excluding carboxylic acids is 1. The molecule has 0 aliphatic rings. The van der Waals surface area contributed by atoms with Gasteiger partial charge >= 0.3 is 0 Å². The molecule has 5 heteroatoms. The van der Waals surface area contributed by atoms with Crippen LogP contribution in [0.4, 0.5) is 0 Å². The second-order valence-corrected chi connectivity index (χ2v) is 3.83. The zero-order valence-electron chi connectivity index (χ0n) is 11.4. The van der Waals surface area contributed by atoms with Crippen LogP contribution in [0.1, 0.15) is 26.7 Å². The summed E-state index contributed by atoms with van der Waals surface area (Å²) in [7, 11) is 1.50. The fourth-order valence-corrected chi connectivity index (χ4v) is 1.11. The molecule has 0 atom stereocenters. The van der Waals surface area contributed by atoms with Crippen molar-refractivity contribution in [2.45, 2.75) is 26.7 Å². The molecule has 0 saturated carbocycles. The summed E-state index contributed by atoms with van der Waals surface area (Å²) in [5.41, 5.74) is 4.50. The molecule has 1 amide bonds. The molecule has 0 aliphatic heterocycles. The molecule has 3 N–H and O–H groups in total. The van der Waals surface area contributed by atoms with Crippen LogP contribution in [0.5, 0.6) is 0 Å². The van der Waals surface area contributed by atoms with Crippen molar-refractivity contribution in [3.8, 4) is 0 Å². The first-order valence-electron chi connectivity index (χ1n) is 6.17. The predicted molar refractivity (Wildman–Crippen MR) is 69.9 cm³/mol. The van der Waals surface area contributed by atoms with Gasteiger partial charge in [-0.15, -0.1) is 0 Å². The minimum Gasteiger partial charge on any atom is -0.379 e.